The van der Waals surface area contributed by atoms with E-state index in [-0.39, 0.29) is 5.91 Å². The number of anilines is 1. The zero-order valence-electron chi connectivity index (χ0n) is 12.7. The van der Waals surface area contributed by atoms with E-state index in [9.17, 15) is 4.79 Å². The fourth-order valence-corrected chi connectivity index (χ4v) is 2.46. The van der Waals surface area contributed by atoms with Gasteiger partial charge in [-0.3, -0.25) is 4.79 Å². The number of hydrogen-bond acceptors (Lipinski definition) is 3. The summed E-state index contributed by atoms with van der Waals surface area (Å²) in [7, 11) is 1.81. The third-order valence-corrected chi connectivity index (χ3v) is 3.70. The lowest BCUT2D eigenvalue weighted by molar-refractivity contribution is -0.118. The van der Waals surface area contributed by atoms with Crippen molar-refractivity contribution in [1.82, 2.24) is 4.98 Å². The summed E-state index contributed by atoms with van der Waals surface area (Å²) in [4.78, 5) is 18.3. The van der Waals surface area contributed by atoms with Gasteiger partial charge >= 0.3 is 0 Å². The van der Waals surface area contributed by atoms with E-state index in [2.05, 4.69) is 4.98 Å². The molecule has 0 aliphatic heterocycles. The zero-order valence-corrected chi connectivity index (χ0v) is 12.7. The summed E-state index contributed by atoms with van der Waals surface area (Å²) in [5.41, 5.74) is 3.64. The predicted octanol–water partition coefficient (Wildman–Crippen LogP) is 3.73. The van der Waals surface area contributed by atoms with Gasteiger partial charge in [0.1, 0.15) is 5.52 Å². The van der Waals surface area contributed by atoms with E-state index >= 15 is 0 Å². The Morgan fingerprint density at radius 1 is 1.18 bits per heavy atom. The number of carbonyl (C=O) groups excluding carboxylic acids is 1. The quantitative estimate of drug-likeness (QED) is 0.736. The maximum atomic E-state index is 12.3. The van der Waals surface area contributed by atoms with Crippen LogP contribution in [0.1, 0.15) is 17.9 Å². The maximum Gasteiger partial charge on any atom is 0.227 e. The summed E-state index contributed by atoms with van der Waals surface area (Å²) in [6.07, 6.45) is 1.16. The Labute approximate surface area is 129 Å². The van der Waals surface area contributed by atoms with Crippen LogP contribution < -0.4 is 4.90 Å². The Kier molecular flexibility index (Phi) is 3.92. The van der Waals surface area contributed by atoms with Crippen molar-refractivity contribution in [2.75, 3.05) is 11.9 Å². The number of benzene rings is 2. The van der Waals surface area contributed by atoms with Gasteiger partial charge in [0.2, 0.25) is 5.91 Å². The molecule has 0 bridgehead atoms. The van der Waals surface area contributed by atoms with Crippen molar-refractivity contribution in [3.05, 3.63) is 60.0 Å². The van der Waals surface area contributed by atoms with Crippen LogP contribution in [-0.2, 0) is 11.2 Å². The molecule has 3 aromatic rings. The molecule has 4 nitrogen and oxygen atoms in total. The highest BCUT2D eigenvalue weighted by Gasteiger charge is 2.11. The Bertz CT molecular complexity index is 793. The van der Waals surface area contributed by atoms with E-state index < -0.39 is 0 Å². The molecule has 0 aliphatic carbocycles. The normalized spacial score (nSPS) is 10.8. The molecular formula is C18H18N2O2. The lowest BCUT2D eigenvalue weighted by atomic mass is 10.1. The number of fused-ring (bicyclic) bond motifs is 1. The van der Waals surface area contributed by atoms with Gasteiger partial charge in [-0.2, -0.15) is 0 Å². The van der Waals surface area contributed by atoms with E-state index in [0.29, 0.717) is 18.7 Å². The van der Waals surface area contributed by atoms with Gasteiger partial charge < -0.3 is 9.32 Å². The first-order valence-electron chi connectivity index (χ1n) is 7.31. The van der Waals surface area contributed by atoms with Crippen LogP contribution in [0, 0.1) is 6.92 Å². The molecule has 0 unspecified atom stereocenters. The van der Waals surface area contributed by atoms with Gasteiger partial charge in [-0.1, -0.05) is 24.3 Å². The number of para-hydroxylation sites is 1. The summed E-state index contributed by atoms with van der Waals surface area (Å²) in [6, 6.07) is 15.6. The first-order valence-corrected chi connectivity index (χ1v) is 7.31. The molecule has 2 aromatic carbocycles. The molecule has 112 valence electrons. The molecule has 0 N–H and O–H groups in total. The van der Waals surface area contributed by atoms with Gasteiger partial charge in [0, 0.05) is 26.1 Å². The Morgan fingerprint density at radius 2 is 1.95 bits per heavy atom. The predicted molar refractivity (Wildman–Crippen MR) is 86.9 cm³/mol. The lowest BCUT2D eigenvalue weighted by Gasteiger charge is -2.17. The minimum Gasteiger partial charge on any atom is -0.441 e. The van der Waals surface area contributed by atoms with Gasteiger partial charge in [-0.05, 0) is 36.2 Å². The molecule has 1 amide bonds. The zero-order chi connectivity index (χ0) is 15.5. The Balaban J connectivity index is 1.66. The molecule has 4 heteroatoms. The van der Waals surface area contributed by atoms with Crippen molar-refractivity contribution in [1.29, 1.82) is 0 Å². The summed E-state index contributed by atoms with van der Waals surface area (Å²) in [5, 5.41) is 0. The number of hydrogen-bond donors (Lipinski definition) is 0. The van der Waals surface area contributed by atoms with E-state index in [1.807, 2.05) is 62.5 Å². The number of amides is 1. The van der Waals surface area contributed by atoms with E-state index in [1.54, 1.807) is 4.90 Å². The maximum absolute atomic E-state index is 12.3. The minimum absolute atomic E-state index is 0.0997. The van der Waals surface area contributed by atoms with Crippen LogP contribution in [0.25, 0.3) is 11.1 Å². The van der Waals surface area contributed by atoms with Crippen molar-refractivity contribution in [2.45, 2.75) is 19.8 Å². The van der Waals surface area contributed by atoms with Gasteiger partial charge in [-0.15, -0.1) is 0 Å². The number of rotatable bonds is 4. The molecule has 0 spiro atoms. The minimum atomic E-state index is 0.0997. The molecule has 3 rings (SSSR count). The molecule has 0 atom stereocenters. The second-order valence-corrected chi connectivity index (χ2v) is 5.32. The van der Waals surface area contributed by atoms with Gasteiger partial charge in [-0.25, -0.2) is 4.98 Å². The fraction of sp³-hybridized carbons (Fsp3) is 0.222. The largest absolute Gasteiger partial charge is 0.441 e. The van der Waals surface area contributed by atoms with Crippen molar-refractivity contribution in [3.63, 3.8) is 0 Å². The van der Waals surface area contributed by atoms with Crippen LogP contribution in [0.2, 0.25) is 0 Å². The molecular weight excluding hydrogens is 276 g/mol. The van der Waals surface area contributed by atoms with Crippen LogP contribution >= 0.6 is 0 Å². The highest BCUT2D eigenvalue weighted by Crippen LogP contribution is 2.18. The first-order chi connectivity index (χ1) is 10.6. The van der Waals surface area contributed by atoms with Crippen molar-refractivity contribution >= 4 is 22.7 Å². The Hall–Kier alpha value is -2.62. The number of aryl methyl sites for hydroxylation is 2. The highest BCUT2D eigenvalue weighted by molar-refractivity contribution is 5.92. The van der Waals surface area contributed by atoms with Crippen LogP contribution in [0.4, 0.5) is 5.69 Å². The average Bonchev–Trinajstić information content (AvgIpc) is 2.92. The molecule has 0 fully saturated rings. The van der Waals surface area contributed by atoms with Gasteiger partial charge in [0.05, 0.1) is 0 Å². The second kappa shape index (κ2) is 6.02. The van der Waals surface area contributed by atoms with Crippen LogP contribution in [0.3, 0.4) is 0 Å². The van der Waals surface area contributed by atoms with E-state index in [1.165, 1.54) is 0 Å². The van der Waals surface area contributed by atoms with Crippen LogP contribution in [0.5, 0.6) is 0 Å². The Morgan fingerprint density at radius 3 is 2.73 bits per heavy atom. The third-order valence-electron chi connectivity index (χ3n) is 3.70. The third kappa shape index (κ3) is 3.01. The summed E-state index contributed by atoms with van der Waals surface area (Å²) in [5.74, 6) is 0.759. The van der Waals surface area contributed by atoms with Gasteiger partial charge in [0.25, 0.3) is 0 Å². The van der Waals surface area contributed by atoms with Crippen LogP contribution in [0.15, 0.2) is 52.9 Å². The summed E-state index contributed by atoms with van der Waals surface area (Å²) >= 11 is 0. The number of nitrogens with zero attached hydrogens (tertiary/aromatic N) is 2. The molecule has 0 saturated heterocycles. The highest BCUT2D eigenvalue weighted by atomic mass is 16.3. The number of aromatic nitrogens is 1. The van der Waals surface area contributed by atoms with Gasteiger partial charge in [0.15, 0.2) is 11.5 Å². The summed E-state index contributed by atoms with van der Waals surface area (Å²) in [6.45, 7) is 1.83. The molecule has 0 saturated carbocycles. The second-order valence-electron chi connectivity index (χ2n) is 5.32. The molecule has 1 aromatic heterocycles. The van der Waals surface area contributed by atoms with E-state index in [0.717, 1.165) is 22.4 Å². The van der Waals surface area contributed by atoms with Crippen molar-refractivity contribution in [3.8, 4) is 0 Å². The smallest absolute Gasteiger partial charge is 0.227 e. The lowest BCUT2D eigenvalue weighted by Crippen LogP contribution is -2.26. The molecule has 0 aliphatic rings. The fourth-order valence-electron chi connectivity index (χ4n) is 2.46. The first kappa shape index (κ1) is 14.3. The molecule has 22 heavy (non-hydrogen) atoms. The molecule has 0 radical (unpaired) electrons. The molecule has 1 heterocycles. The number of carbonyl (C=O) groups is 1. The monoisotopic (exact) mass is 294 g/mol. The average molecular weight is 294 g/mol. The number of oxazole rings is 1. The standard InChI is InChI=1S/C18H18N2O2/c1-13-19-16-12-14(8-10-17(16)22-13)9-11-18(21)20(2)15-6-4-3-5-7-15/h3-8,10,12H,9,11H2,1-2H3. The van der Waals surface area contributed by atoms with Crippen LogP contribution in [-0.4, -0.2) is 17.9 Å². The summed E-state index contributed by atoms with van der Waals surface area (Å²) < 4.78 is 5.46. The van der Waals surface area contributed by atoms with Crippen molar-refractivity contribution in [2.24, 2.45) is 0 Å². The van der Waals surface area contributed by atoms with Crippen molar-refractivity contribution < 1.29 is 9.21 Å². The van der Waals surface area contributed by atoms with E-state index in [4.69, 9.17) is 4.42 Å². The topological polar surface area (TPSA) is 46.3 Å². The SMILES string of the molecule is Cc1nc2cc(CCC(=O)N(C)c3ccccc3)ccc2o1.